The molecule has 21 heavy (non-hydrogen) atoms. The second-order valence-corrected chi connectivity index (χ2v) is 6.79. The maximum Gasteiger partial charge on any atom is 0.147 e. The highest BCUT2D eigenvalue weighted by Crippen LogP contribution is 2.31. The second kappa shape index (κ2) is 5.52. The Morgan fingerprint density at radius 2 is 2.05 bits per heavy atom. The average molecular weight is 308 g/mol. The fraction of sp³-hybridized carbons (Fsp3) is 0.333. The topological polar surface area (TPSA) is 52.0 Å². The lowest BCUT2D eigenvalue weighted by Crippen LogP contribution is -2.28. The molecule has 0 aliphatic carbocycles. The fourth-order valence-electron chi connectivity index (χ4n) is 2.02. The van der Waals surface area contributed by atoms with Crippen molar-refractivity contribution >= 4 is 17.1 Å². The summed E-state index contributed by atoms with van der Waals surface area (Å²) in [6, 6.07) is 4.72. The summed E-state index contributed by atoms with van der Waals surface area (Å²) in [5, 5.41) is 4.32. The Labute approximate surface area is 125 Å². The van der Waals surface area contributed by atoms with E-state index >= 15 is 0 Å². The molecular formula is C15H17FN2O2S. The van der Waals surface area contributed by atoms with Crippen molar-refractivity contribution in [1.29, 1.82) is 0 Å². The summed E-state index contributed by atoms with van der Waals surface area (Å²) in [5.74, 6) is -0.421. The largest absolute Gasteiger partial charge is 0.301 e. The summed E-state index contributed by atoms with van der Waals surface area (Å²) in [6.45, 7) is 5.14. The molecule has 0 bridgehead atoms. The summed E-state index contributed by atoms with van der Waals surface area (Å²) in [5.41, 5.74) is 0.464. The summed E-state index contributed by atoms with van der Waals surface area (Å²) < 4.78 is 27.5. The smallest absolute Gasteiger partial charge is 0.147 e. The van der Waals surface area contributed by atoms with Gasteiger partial charge in [0.2, 0.25) is 0 Å². The second-order valence-electron chi connectivity index (χ2n) is 5.44. The maximum atomic E-state index is 14.1. The molecule has 1 heterocycles. The van der Waals surface area contributed by atoms with E-state index in [1.54, 1.807) is 39.1 Å². The summed E-state index contributed by atoms with van der Waals surface area (Å²) in [7, 11) is -1.34. The molecule has 1 aromatic carbocycles. The minimum atomic E-state index is -1.34. The molecule has 0 saturated heterocycles. The zero-order valence-corrected chi connectivity index (χ0v) is 13.2. The zero-order chi connectivity index (χ0) is 15.8. The lowest BCUT2D eigenvalue weighted by Gasteiger charge is -2.17. The van der Waals surface area contributed by atoms with Gasteiger partial charge in [-0.1, -0.05) is 12.1 Å². The van der Waals surface area contributed by atoms with Crippen LogP contribution in [0.25, 0.3) is 11.3 Å². The van der Waals surface area contributed by atoms with E-state index in [1.807, 2.05) is 0 Å². The molecule has 0 fully saturated rings. The summed E-state index contributed by atoms with van der Waals surface area (Å²) in [4.78, 5) is 11.6. The van der Waals surface area contributed by atoms with E-state index in [2.05, 4.69) is 5.10 Å². The fourth-order valence-corrected chi connectivity index (χ4v) is 2.69. The first-order valence-corrected chi connectivity index (χ1v) is 7.99. The van der Waals surface area contributed by atoms with Crippen molar-refractivity contribution in [2.24, 2.45) is 0 Å². The number of carbonyl (C=O) groups is 1. The Hall–Kier alpha value is -1.82. The highest BCUT2D eigenvalue weighted by atomic mass is 32.2. The molecule has 0 spiro atoms. The number of rotatable bonds is 4. The Kier molecular flexibility index (Phi) is 4.09. The molecule has 0 amide bonds. The number of aromatic nitrogens is 2. The third-order valence-corrected chi connectivity index (χ3v) is 4.25. The Morgan fingerprint density at radius 1 is 1.38 bits per heavy atom. The van der Waals surface area contributed by atoms with Gasteiger partial charge in [-0.25, -0.2) is 4.39 Å². The third-order valence-electron chi connectivity index (χ3n) is 3.33. The van der Waals surface area contributed by atoms with Crippen molar-refractivity contribution in [2.45, 2.75) is 31.2 Å². The van der Waals surface area contributed by atoms with Crippen molar-refractivity contribution in [3.63, 3.8) is 0 Å². The van der Waals surface area contributed by atoms with Crippen LogP contribution >= 0.6 is 0 Å². The molecule has 2 rings (SSSR count). The lowest BCUT2D eigenvalue weighted by molar-refractivity contribution is -0.114. The number of aryl methyl sites for hydroxylation is 1. The zero-order valence-electron chi connectivity index (χ0n) is 12.4. The Balaban J connectivity index is 2.74. The van der Waals surface area contributed by atoms with E-state index in [9.17, 15) is 13.4 Å². The Bertz CT molecular complexity index is 702. The van der Waals surface area contributed by atoms with Gasteiger partial charge in [-0.2, -0.15) is 5.10 Å². The van der Waals surface area contributed by atoms with Crippen molar-refractivity contribution < 1.29 is 13.4 Å². The molecule has 112 valence electrons. The maximum absolute atomic E-state index is 14.1. The van der Waals surface area contributed by atoms with Gasteiger partial charge in [-0.05, 0) is 32.4 Å². The average Bonchev–Trinajstić information content (AvgIpc) is 2.84. The van der Waals surface area contributed by atoms with Crippen LogP contribution in [0.1, 0.15) is 19.4 Å². The van der Waals surface area contributed by atoms with Crippen molar-refractivity contribution in [3.05, 3.63) is 35.8 Å². The number of hydrogen-bond acceptors (Lipinski definition) is 3. The number of hydrogen-bond donors (Lipinski definition) is 0. The van der Waals surface area contributed by atoms with Crippen LogP contribution in [-0.4, -0.2) is 26.5 Å². The first-order valence-electron chi connectivity index (χ1n) is 6.43. The van der Waals surface area contributed by atoms with Gasteiger partial charge in [0.25, 0.3) is 0 Å². The minimum absolute atomic E-state index is 0.321. The van der Waals surface area contributed by atoms with Gasteiger partial charge in [-0.15, -0.1) is 0 Å². The van der Waals surface area contributed by atoms with E-state index in [-0.39, 0.29) is 0 Å². The van der Waals surface area contributed by atoms with Crippen LogP contribution in [0.2, 0.25) is 0 Å². The predicted octanol–water partition coefficient (Wildman–Crippen LogP) is 2.67. The molecule has 0 N–H and O–H groups in total. The molecule has 0 radical (unpaired) electrons. The molecule has 1 aromatic heterocycles. The van der Waals surface area contributed by atoms with Crippen LogP contribution in [-0.2, 0) is 21.1 Å². The molecule has 2 aromatic rings. The number of carbonyl (C=O) groups excluding carboxylic acids is 1. The predicted molar refractivity (Wildman–Crippen MR) is 80.1 cm³/mol. The van der Waals surface area contributed by atoms with Gasteiger partial charge in [0.15, 0.2) is 0 Å². The van der Waals surface area contributed by atoms with Crippen LogP contribution < -0.4 is 0 Å². The quantitative estimate of drug-likeness (QED) is 0.816. The SMILES string of the molecule is Cc1cccc(F)c1-c1nn(C(C)(C)C=O)cc1S(C)=O. The number of halogens is 1. The molecule has 0 aliphatic heterocycles. The van der Waals surface area contributed by atoms with Gasteiger partial charge >= 0.3 is 0 Å². The van der Waals surface area contributed by atoms with Crippen LogP contribution in [0.5, 0.6) is 0 Å². The lowest BCUT2D eigenvalue weighted by atomic mass is 10.1. The van der Waals surface area contributed by atoms with E-state index < -0.39 is 22.2 Å². The van der Waals surface area contributed by atoms with Crippen molar-refractivity contribution in [2.75, 3.05) is 6.26 Å². The molecule has 1 atom stereocenters. The van der Waals surface area contributed by atoms with Crippen LogP contribution in [0, 0.1) is 12.7 Å². The molecule has 1 unspecified atom stereocenters. The number of aldehydes is 1. The number of benzene rings is 1. The highest BCUT2D eigenvalue weighted by Gasteiger charge is 2.26. The standard InChI is InChI=1S/C15H17FN2O2S/c1-10-6-5-7-11(16)13(10)14-12(21(4)20)8-18(17-14)15(2,3)9-19/h5-9H,1-4H3. The normalized spacial score (nSPS) is 13.2. The Morgan fingerprint density at radius 3 is 2.57 bits per heavy atom. The molecular weight excluding hydrogens is 291 g/mol. The van der Waals surface area contributed by atoms with E-state index in [0.717, 1.165) is 6.29 Å². The minimum Gasteiger partial charge on any atom is -0.301 e. The third kappa shape index (κ3) is 2.81. The van der Waals surface area contributed by atoms with Crippen molar-refractivity contribution in [1.82, 2.24) is 9.78 Å². The van der Waals surface area contributed by atoms with Gasteiger partial charge in [0.1, 0.15) is 23.3 Å². The molecule has 6 heteroatoms. The molecule has 4 nitrogen and oxygen atoms in total. The van der Waals surface area contributed by atoms with Crippen LogP contribution in [0.3, 0.4) is 0 Å². The summed E-state index contributed by atoms with van der Waals surface area (Å²) >= 11 is 0. The highest BCUT2D eigenvalue weighted by molar-refractivity contribution is 7.84. The van der Waals surface area contributed by atoms with Gasteiger partial charge in [0.05, 0.1) is 15.7 Å². The van der Waals surface area contributed by atoms with Crippen LogP contribution in [0.4, 0.5) is 4.39 Å². The summed E-state index contributed by atoms with van der Waals surface area (Å²) in [6.07, 6.45) is 3.81. The monoisotopic (exact) mass is 308 g/mol. The molecule has 0 aliphatic rings. The van der Waals surface area contributed by atoms with Gasteiger partial charge < -0.3 is 4.79 Å². The first kappa shape index (κ1) is 15.6. The van der Waals surface area contributed by atoms with Gasteiger partial charge in [-0.3, -0.25) is 8.89 Å². The van der Waals surface area contributed by atoms with Crippen molar-refractivity contribution in [3.8, 4) is 11.3 Å². The van der Waals surface area contributed by atoms with Gasteiger partial charge in [0, 0.05) is 18.0 Å². The number of nitrogens with zero attached hydrogens (tertiary/aromatic N) is 2. The first-order chi connectivity index (χ1) is 9.77. The van der Waals surface area contributed by atoms with E-state index in [1.165, 1.54) is 17.0 Å². The van der Waals surface area contributed by atoms with Crippen LogP contribution in [0.15, 0.2) is 29.3 Å². The van der Waals surface area contributed by atoms with E-state index in [4.69, 9.17) is 0 Å². The van der Waals surface area contributed by atoms with E-state index in [0.29, 0.717) is 21.7 Å². The molecule has 0 saturated carbocycles.